The van der Waals surface area contributed by atoms with Gasteiger partial charge in [0, 0.05) is 27.4 Å². The fraction of sp³-hybridized carbons (Fsp3) is 0.258. The average Bonchev–Trinajstić information content (AvgIpc) is 3.35. The first-order valence-corrected chi connectivity index (χ1v) is 12.9. The van der Waals surface area contributed by atoms with Gasteiger partial charge in [-0.05, 0) is 59.7 Å². The van der Waals surface area contributed by atoms with E-state index in [9.17, 15) is 18.8 Å². The number of nitrogens with one attached hydrogen (secondary N) is 1. The minimum Gasteiger partial charge on any atom is -0.352 e. The Labute approximate surface area is 225 Å². The van der Waals surface area contributed by atoms with Crippen LogP contribution in [0.3, 0.4) is 0 Å². The van der Waals surface area contributed by atoms with Gasteiger partial charge in [0.25, 0.3) is 0 Å². The number of amides is 1. The van der Waals surface area contributed by atoms with Crippen molar-refractivity contribution in [1.82, 2.24) is 0 Å². The molecule has 0 bridgehead atoms. The molecule has 0 saturated carbocycles. The van der Waals surface area contributed by atoms with Gasteiger partial charge >= 0.3 is 0 Å². The fourth-order valence-corrected chi connectivity index (χ4v) is 6.57. The summed E-state index contributed by atoms with van der Waals surface area (Å²) in [7, 11) is 0. The van der Waals surface area contributed by atoms with Crippen molar-refractivity contribution < 1.29 is 18.8 Å². The van der Waals surface area contributed by atoms with E-state index in [-0.39, 0.29) is 23.0 Å². The molecule has 1 spiro atoms. The largest absolute Gasteiger partial charge is 0.352 e. The van der Waals surface area contributed by atoms with E-state index in [0.29, 0.717) is 16.3 Å². The molecule has 1 amide bonds. The molecule has 0 unspecified atom stereocenters. The minimum absolute atomic E-state index is 0.159. The molecular weight excluding hydrogens is 503 g/mol. The Kier molecular flexibility index (Phi) is 5.41. The molecule has 3 aromatic carbocycles. The van der Waals surface area contributed by atoms with E-state index in [1.165, 1.54) is 24.3 Å². The zero-order chi connectivity index (χ0) is 27.0. The smallest absolute Gasteiger partial charge is 0.238 e. The van der Waals surface area contributed by atoms with E-state index in [0.717, 1.165) is 11.3 Å². The summed E-state index contributed by atoms with van der Waals surface area (Å²) in [5.74, 6) is -2.41. The van der Waals surface area contributed by atoms with Gasteiger partial charge in [0.2, 0.25) is 5.91 Å². The van der Waals surface area contributed by atoms with E-state index in [2.05, 4.69) is 5.32 Å². The third-order valence-corrected chi connectivity index (χ3v) is 8.25. The minimum atomic E-state index is -1.39. The summed E-state index contributed by atoms with van der Waals surface area (Å²) in [4.78, 5) is 44.9. The third kappa shape index (κ3) is 3.33. The van der Waals surface area contributed by atoms with Crippen molar-refractivity contribution in [3.63, 3.8) is 0 Å². The van der Waals surface area contributed by atoms with Crippen LogP contribution in [0.25, 0.3) is 6.08 Å². The van der Waals surface area contributed by atoms with E-state index in [1.807, 2.05) is 74.2 Å². The number of rotatable bonds is 3. The van der Waals surface area contributed by atoms with Crippen molar-refractivity contribution in [2.45, 2.75) is 38.3 Å². The Bertz CT molecular complexity index is 1540. The SMILES string of the molecule is CC(C)(C)C(=O)[C@@H]1[C@H](C(=O)c2ccc(F)cc2)[C@@]2(C(=O)Nc3ccccc32)[C@H]2C=Cc3cc(Cl)ccc3N12. The number of para-hydroxylation sites is 1. The molecule has 3 aromatic rings. The number of hydrogen-bond acceptors (Lipinski definition) is 4. The van der Waals surface area contributed by atoms with Gasteiger partial charge in [0.1, 0.15) is 17.3 Å². The van der Waals surface area contributed by atoms with Gasteiger partial charge in [-0.15, -0.1) is 0 Å². The molecule has 5 nitrogen and oxygen atoms in total. The van der Waals surface area contributed by atoms with Crippen LogP contribution < -0.4 is 10.2 Å². The summed E-state index contributed by atoms with van der Waals surface area (Å²) in [6, 6.07) is 16.4. The van der Waals surface area contributed by atoms with E-state index < -0.39 is 34.6 Å². The van der Waals surface area contributed by atoms with Gasteiger partial charge in [-0.1, -0.05) is 62.7 Å². The van der Waals surface area contributed by atoms with Crippen LogP contribution in [0, 0.1) is 17.2 Å². The lowest BCUT2D eigenvalue weighted by Crippen LogP contribution is -2.51. The summed E-state index contributed by atoms with van der Waals surface area (Å²) in [6.45, 7) is 5.46. The first kappa shape index (κ1) is 24.6. The summed E-state index contributed by atoms with van der Waals surface area (Å²) in [6.07, 6.45) is 3.81. The molecule has 3 aliphatic rings. The van der Waals surface area contributed by atoms with Gasteiger partial charge in [0.15, 0.2) is 11.6 Å². The molecule has 0 aliphatic carbocycles. The highest BCUT2D eigenvalue weighted by molar-refractivity contribution is 6.31. The quantitative estimate of drug-likeness (QED) is 0.419. The molecule has 0 aromatic heterocycles. The van der Waals surface area contributed by atoms with Crippen molar-refractivity contribution in [3.05, 3.63) is 100 Å². The Morgan fingerprint density at radius 1 is 1.03 bits per heavy atom. The van der Waals surface area contributed by atoms with Crippen LogP contribution in [0.2, 0.25) is 5.02 Å². The number of benzene rings is 3. The standard InChI is InChI=1S/C31H26ClFN2O3/c1-30(2,3)28(37)26-25(27(36)17-8-12-20(33)13-9-17)31(21-6-4-5-7-22(21)34-29(31)38)24-15-10-18-16-19(32)11-14-23(18)35(24)26/h4-16,24-26H,1-3H3,(H,34,38)/t24-,25-,26+,31+/m1/s1. The maximum absolute atomic E-state index is 14.5. The van der Waals surface area contributed by atoms with Gasteiger partial charge in [0.05, 0.1) is 12.0 Å². The molecule has 1 fully saturated rings. The number of carbonyl (C=O) groups is 3. The second-order valence-electron chi connectivity index (χ2n) is 11.2. The Balaban J connectivity index is 1.68. The highest BCUT2D eigenvalue weighted by atomic mass is 35.5. The maximum atomic E-state index is 14.5. The van der Waals surface area contributed by atoms with Crippen LogP contribution >= 0.6 is 11.6 Å². The van der Waals surface area contributed by atoms with Crippen molar-refractivity contribution >= 4 is 46.5 Å². The molecule has 1 saturated heterocycles. The average molecular weight is 529 g/mol. The van der Waals surface area contributed by atoms with Crippen LogP contribution in [0.15, 0.2) is 72.8 Å². The first-order chi connectivity index (χ1) is 18.0. The maximum Gasteiger partial charge on any atom is 0.238 e. The summed E-state index contributed by atoms with van der Waals surface area (Å²) in [5.41, 5.74) is 0.874. The third-order valence-electron chi connectivity index (χ3n) is 8.01. The van der Waals surface area contributed by atoms with Gasteiger partial charge < -0.3 is 10.2 Å². The predicted molar refractivity (Wildman–Crippen MR) is 146 cm³/mol. The Morgan fingerprint density at radius 2 is 1.74 bits per heavy atom. The molecular formula is C31H26ClFN2O3. The highest BCUT2D eigenvalue weighted by Gasteiger charge is 2.70. The Morgan fingerprint density at radius 3 is 2.45 bits per heavy atom. The topological polar surface area (TPSA) is 66.5 Å². The number of carbonyl (C=O) groups excluding carboxylic acids is 3. The monoisotopic (exact) mass is 528 g/mol. The van der Waals surface area contributed by atoms with Crippen LogP contribution in [-0.2, 0) is 15.0 Å². The predicted octanol–water partition coefficient (Wildman–Crippen LogP) is 6.07. The molecule has 1 N–H and O–H groups in total. The summed E-state index contributed by atoms with van der Waals surface area (Å²) < 4.78 is 13.8. The lowest BCUT2D eigenvalue weighted by Gasteiger charge is -2.38. The van der Waals surface area contributed by atoms with Gasteiger partial charge in [-0.2, -0.15) is 0 Å². The second-order valence-corrected chi connectivity index (χ2v) is 11.6. The summed E-state index contributed by atoms with van der Waals surface area (Å²) >= 11 is 6.31. The van der Waals surface area contributed by atoms with Gasteiger partial charge in [-0.25, -0.2) is 4.39 Å². The van der Waals surface area contributed by atoms with Crippen molar-refractivity contribution in [1.29, 1.82) is 0 Å². The highest BCUT2D eigenvalue weighted by Crippen LogP contribution is 2.58. The lowest BCUT2D eigenvalue weighted by atomic mass is 9.63. The van der Waals surface area contributed by atoms with Crippen molar-refractivity contribution in [2.75, 3.05) is 10.2 Å². The van der Waals surface area contributed by atoms with Crippen molar-refractivity contribution in [2.24, 2.45) is 11.3 Å². The number of anilines is 2. The number of halogens is 2. The zero-order valence-electron chi connectivity index (χ0n) is 21.2. The number of Topliss-reactive ketones (excluding diaryl/α,β-unsaturated/α-hetero) is 2. The van der Waals surface area contributed by atoms with Crippen LogP contribution in [0.4, 0.5) is 15.8 Å². The zero-order valence-corrected chi connectivity index (χ0v) is 21.9. The Hall–Kier alpha value is -3.77. The molecule has 3 aliphatic heterocycles. The molecule has 6 rings (SSSR count). The fourth-order valence-electron chi connectivity index (χ4n) is 6.39. The van der Waals surface area contributed by atoms with Crippen LogP contribution in [0.1, 0.15) is 42.3 Å². The normalized spacial score (nSPS) is 25.1. The number of ketones is 2. The van der Waals surface area contributed by atoms with E-state index >= 15 is 0 Å². The van der Waals surface area contributed by atoms with Crippen LogP contribution in [0.5, 0.6) is 0 Å². The molecule has 38 heavy (non-hydrogen) atoms. The molecule has 7 heteroatoms. The number of fused-ring (bicyclic) bond motifs is 6. The second kappa shape index (κ2) is 8.37. The lowest BCUT2D eigenvalue weighted by molar-refractivity contribution is -0.128. The molecule has 3 heterocycles. The molecule has 192 valence electrons. The van der Waals surface area contributed by atoms with E-state index in [1.54, 1.807) is 6.07 Å². The molecule has 0 radical (unpaired) electrons. The number of hydrogen-bond donors (Lipinski definition) is 1. The summed E-state index contributed by atoms with van der Waals surface area (Å²) in [5, 5.41) is 3.54. The number of nitrogens with zero attached hydrogens (tertiary/aromatic N) is 1. The molecule has 4 atom stereocenters. The van der Waals surface area contributed by atoms with Crippen LogP contribution in [-0.4, -0.2) is 29.6 Å². The van der Waals surface area contributed by atoms with E-state index in [4.69, 9.17) is 11.6 Å². The first-order valence-electron chi connectivity index (χ1n) is 12.6. The van der Waals surface area contributed by atoms with Gasteiger partial charge in [-0.3, -0.25) is 14.4 Å². The van der Waals surface area contributed by atoms with Crippen molar-refractivity contribution in [3.8, 4) is 0 Å².